The van der Waals surface area contributed by atoms with Gasteiger partial charge in [0, 0.05) is 43.5 Å². The number of hydrogen-bond acceptors (Lipinski definition) is 5. The molecule has 2 fully saturated rings. The van der Waals surface area contributed by atoms with E-state index in [4.69, 9.17) is 0 Å². The van der Waals surface area contributed by atoms with E-state index in [1.54, 1.807) is 11.8 Å². The van der Waals surface area contributed by atoms with Crippen LogP contribution < -0.4 is 0 Å². The number of carbonyl (C=O) groups is 1. The van der Waals surface area contributed by atoms with Gasteiger partial charge in [0.15, 0.2) is 5.16 Å². The van der Waals surface area contributed by atoms with Crippen molar-refractivity contribution in [3.05, 3.63) is 41.7 Å². The number of aromatic amines is 1. The minimum absolute atomic E-state index is 0.158. The highest BCUT2D eigenvalue weighted by Gasteiger charge is 2.28. The fourth-order valence-corrected chi connectivity index (χ4v) is 4.64. The highest BCUT2D eigenvalue weighted by atomic mass is 32.2. The van der Waals surface area contributed by atoms with Crippen LogP contribution >= 0.6 is 11.8 Å². The van der Waals surface area contributed by atoms with Gasteiger partial charge in [-0.2, -0.15) is 5.10 Å². The lowest BCUT2D eigenvalue weighted by Crippen LogP contribution is -2.51. The number of aromatic nitrogens is 3. The van der Waals surface area contributed by atoms with E-state index in [1.165, 1.54) is 37.6 Å². The van der Waals surface area contributed by atoms with Crippen molar-refractivity contribution in [1.82, 2.24) is 25.0 Å². The lowest BCUT2D eigenvalue weighted by Gasteiger charge is -2.38. The number of carbonyl (C=O) groups excluding carboxylic acids is 1. The maximum Gasteiger partial charge on any atom is 0.253 e. The van der Waals surface area contributed by atoms with E-state index in [0.29, 0.717) is 0 Å². The number of hydrogen-bond donors (Lipinski definition) is 1. The number of amides is 1. The monoisotopic (exact) mass is 371 g/mol. The van der Waals surface area contributed by atoms with E-state index >= 15 is 0 Å². The number of nitrogens with zero attached hydrogens (tertiary/aromatic N) is 4. The molecule has 0 bridgehead atoms. The Labute approximate surface area is 158 Å². The molecule has 1 aliphatic carbocycles. The summed E-state index contributed by atoms with van der Waals surface area (Å²) in [5.74, 6) is 0.967. The molecule has 2 aliphatic rings. The lowest BCUT2D eigenvalue weighted by atomic mass is 10.1. The topological polar surface area (TPSA) is 65.1 Å². The molecule has 26 heavy (non-hydrogen) atoms. The molecule has 1 aromatic heterocycles. The molecule has 1 amide bonds. The van der Waals surface area contributed by atoms with Crippen LogP contribution in [0.5, 0.6) is 0 Å². The van der Waals surface area contributed by atoms with Crippen LogP contribution in [-0.4, -0.2) is 63.1 Å². The van der Waals surface area contributed by atoms with Crippen molar-refractivity contribution in [2.24, 2.45) is 0 Å². The molecular formula is C19H25N5OS. The number of benzene rings is 1. The van der Waals surface area contributed by atoms with Gasteiger partial charge in [0.25, 0.3) is 5.91 Å². The van der Waals surface area contributed by atoms with E-state index in [1.807, 2.05) is 29.2 Å². The first kappa shape index (κ1) is 17.5. The number of nitrogens with one attached hydrogen (secondary N) is 1. The molecule has 6 nitrogen and oxygen atoms in total. The van der Waals surface area contributed by atoms with Crippen LogP contribution in [0.15, 0.2) is 35.7 Å². The Kier molecular flexibility index (Phi) is 5.55. The van der Waals surface area contributed by atoms with Gasteiger partial charge in [-0.05, 0) is 30.5 Å². The molecule has 2 aromatic rings. The summed E-state index contributed by atoms with van der Waals surface area (Å²) < 4.78 is 0. The van der Waals surface area contributed by atoms with Crippen LogP contribution in [-0.2, 0) is 5.75 Å². The summed E-state index contributed by atoms with van der Waals surface area (Å²) in [4.78, 5) is 21.5. The third-order valence-electron chi connectivity index (χ3n) is 5.41. The fraction of sp³-hybridized carbons (Fsp3) is 0.526. The van der Waals surface area contributed by atoms with Crippen molar-refractivity contribution in [2.45, 2.75) is 42.6 Å². The van der Waals surface area contributed by atoms with E-state index in [9.17, 15) is 4.79 Å². The molecule has 7 heteroatoms. The molecule has 1 N–H and O–H groups in total. The predicted molar refractivity (Wildman–Crippen MR) is 102 cm³/mol. The molecule has 1 aromatic carbocycles. The zero-order chi connectivity index (χ0) is 17.8. The molecule has 4 rings (SSSR count). The Bertz CT molecular complexity index is 704. The van der Waals surface area contributed by atoms with Gasteiger partial charge in [-0.25, -0.2) is 4.98 Å². The number of thioether (sulfide) groups is 1. The standard InChI is InChI=1S/C19H25N5OS/c25-18(24-11-9-23(10-12-24)17-3-1-2-4-17)16-7-5-15(6-8-16)13-26-19-20-14-21-22-19/h5-8,14,17H,1-4,9-13H2,(H,20,21,22). The highest BCUT2D eigenvalue weighted by molar-refractivity contribution is 7.98. The van der Waals surface area contributed by atoms with Crippen LogP contribution in [0, 0.1) is 0 Å². The molecule has 1 saturated heterocycles. The summed E-state index contributed by atoms with van der Waals surface area (Å²) >= 11 is 1.60. The minimum Gasteiger partial charge on any atom is -0.336 e. The van der Waals surface area contributed by atoms with Gasteiger partial charge in [-0.1, -0.05) is 36.7 Å². The number of H-pyrrole nitrogens is 1. The largest absolute Gasteiger partial charge is 0.336 e. The fourth-order valence-electron chi connectivity index (χ4n) is 3.90. The van der Waals surface area contributed by atoms with Gasteiger partial charge in [0.1, 0.15) is 6.33 Å². The van der Waals surface area contributed by atoms with Gasteiger partial charge in [-0.3, -0.25) is 14.8 Å². The molecule has 0 atom stereocenters. The average molecular weight is 372 g/mol. The van der Waals surface area contributed by atoms with Crippen molar-refractivity contribution < 1.29 is 4.79 Å². The van der Waals surface area contributed by atoms with Crippen molar-refractivity contribution in [1.29, 1.82) is 0 Å². The third kappa shape index (κ3) is 4.10. The molecule has 0 radical (unpaired) electrons. The van der Waals surface area contributed by atoms with E-state index < -0.39 is 0 Å². The van der Waals surface area contributed by atoms with Crippen LogP contribution in [0.3, 0.4) is 0 Å². The first-order valence-electron chi connectivity index (χ1n) is 9.40. The summed E-state index contributed by atoms with van der Waals surface area (Å²) in [5, 5.41) is 7.49. The number of rotatable bonds is 5. The quantitative estimate of drug-likeness (QED) is 0.819. The molecule has 1 saturated carbocycles. The van der Waals surface area contributed by atoms with Gasteiger partial charge in [0.05, 0.1) is 0 Å². The van der Waals surface area contributed by atoms with Crippen molar-refractivity contribution >= 4 is 17.7 Å². The van der Waals surface area contributed by atoms with Crippen LogP contribution in [0.1, 0.15) is 41.6 Å². The Morgan fingerprint density at radius 3 is 2.50 bits per heavy atom. The Hall–Kier alpha value is -1.86. The van der Waals surface area contributed by atoms with Crippen molar-refractivity contribution in [3.63, 3.8) is 0 Å². The Morgan fingerprint density at radius 1 is 1.12 bits per heavy atom. The Balaban J connectivity index is 1.29. The predicted octanol–water partition coefficient (Wildman–Crippen LogP) is 2.80. The molecule has 2 heterocycles. The van der Waals surface area contributed by atoms with Crippen molar-refractivity contribution in [2.75, 3.05) is 26.2 Å². The maximum absolute atomic E-state index is 12.8. The number of piperazine rings is 1. The minimum atomic E-state index is 0.158. The third-order valence-corrected chi connectivity index (χ3v) is 6.36. The molecule has 138 valence electrons. The second-order valence-corrected chi connectivity index (χ2v) is 8.01. The van der Waals surface area contributed by atoms with Gasteiger partial charge in [0.2, 0.25) is 0 Å². The van der Waals surface area contributed by atoms with Crippen molar-refractivity contribution in [3.8, 4) is 0 Å². The lowest BCUT2D eigenvalue weighted by molar-refractivity contribution is 0.0573. The summed E-state index contributed by atoms with van der Waals surface area (Å²) in [6, 6.07) is 8.72. The van der Waals surface area contributed by atoms with Crippen LogP contribution in [0.2, 0.25) is 0 Å². The maximum atomic E-state index is 12.8. The highest BCUT2D eigenvalue weighted by Crippen LogP contribution is 2.25. The summed E-state index contributed by atoms with van der Waals surface area (Å²) in [5.41, 5.74) is 1.96. The summed E-state index contributed by atoms with van der Waals surface area (Å²) in [6.45, 7) is 3.72. The van der Waals surface area contributed by atoms with Gasteiger partial charge < -0.3 is 4.90 Å². The first-order chi connectivity index (χ1) is 12.8. The van der Waals surface area contributed by atoms with Gasteiger partial charge >= 0.3 is 0 Å². The zero-order valence-corrected chi connectivity index (χ0v) is 15.7. The second kappa shape index (κ2) is 8.22. The smallest absolute Gasteiger partial charge is 0.253 e. The summed E-state index contributed by atoms with van der Waals surface area (Å²) in [7, 11) is 0. The first-order valence-corrected chi connectivity index (χ1v) is 10.4. The SMILES string of the molecule is O=C(c1ccc(CSc2ncn[nH]2)cc1)N1CCN(C2CCCC2)CC1. The zero-order valence-electron chi connectivity index (χ0n) is 14.9. The van der Waals surface area contributed by atoms with E-state index in [0.717, 1.165) is 48.7 Å². The van der Waals surface area contributed by atoms with E-state index in [2.05, 4.69) is 20.1 Å². The normalized spacial score (nSPS) is 19.2. The Morgan fingerprint density at radius 2 is 1.85 bits per heavy atom. The molecule has 0 unspecified atom stereocenters. The van der Waals surface area contributed by atoms with Crippen LogP contribution in [0.25, 0.3) is 0 Å². The second-order valence-electron chi connectivity index (χ2n) is 7.04. The molecule has 0 spiro atoms. The van der Waals surface area contributed by atoms with E-state index in [-0.39, 0.29) is 5.91 Å². The van der Waals surface area contributed by atoms with Crippen LogP contribution in [0.4, 0.5) is 0 Å². The molecule has 1 aliphatic heterocycles. The average Bonchev–Trinajstić information content (AvgIpc) is 3.40. The molecular weight excluding hydrogens is 346 g/mol. The summed E-state index contributed by atoms with van der Waals surface area (Å²) in [6.07, 6.45) is 6.91. The van der Waals surface area contributed by atoms with Gasteiger partial charge in [-0.15, -0.1) is 0 Å².